The van der Waals surface area contributed by atoms with Crippen LogP contribution in [0.25, 0.3) is 0 Å². The summed E-state index contributed by atoms with van der Waals surface area (Å²) in [6.07, 6.45) is -21.0. The van der Waals surface area contributed by atoms with Crippen molar-refractivity contribution in [2.75, 3.05) is 26.4 Å². The third-order valence-corrected chi connectivity index (χ3v) is 21.7. The van der Waals surface area contributed by atoms with Crippen molar-refractivity contribution in [2.45, 2.75) is 231 Å². The van der Waals surface area contributed by atoms with E-state index in [2.05, 4.69) is 26.8 Å². The van der Waals surface area contributed by atoms with Crippen molar-refractivity contribution in [3.63, 3.8) is 0 Å². The number of carbonyl (C=O) groups excluding carboxylic acids is 2. The number of aliphatic hydroxyl groups excluding tert-OH is 11. The first-order chi connectivity index (χ1) is 37.9. The van der Waals surface area contributed by atoms with Gasteiger partial charge in [-0.2, -0.15) is 0 Å². The van der Waals surface area contributed by atoms with Crippen molar-refractivity contribution in [3.8, 4) is 0 Å². The van der Waals surface area contributed by atoms with Crippen LogP contribution < -0.4 is 0 Å². The predicted octanol–water partition coefficient (Wildman–Crippen LogP) is 0.654. The van der Waals surface area contributed by atoms with Gasteiger partial charge < -0.3 is 99.2 Å². The monoisotopic (exact) mass is 1150 g/mol. The number of rotatable bonds is 15. The fraction of sp³-hybridized carbons (Fsp3) is 0.845. The highest BCUT2D eigenvalue weighted by Crippen LogP contribution is 2.76. The van der Waals surface area contributed by atoms with E-state index in [-0.39, 0.29) is 24.7 Å². The molecule has 23 nitrogen and oxygen atoms in total. The van der Waals surface area contributed by atoms with Gasteiger partial charge in [-0.15, -0.1) is 0 Å². The molecule has 3 saturated heterocycles. The third-order valence-electron chi connectivity index (χ3n) is 21.7. The van der Waals surface area contributed by atoms with Crippen LogP contribution in [0.2, 0.25) is 0 Å². The average molecular weight is 1160 g/mol. The Labute approximate surface area is 472 Å². The molecule has 8 rings (SSSR count). The van der Waals surface area contributed by atoms with Crippen molar-refractivity contribution >= 4 is 17.9 Å². The molecule has 26 atom stereocenters. The summed E-state index contributed by atoms with van der Waals surface area (Å²) < 4.78 is 49.2. The summed E-state index contributed by atoms with van der Waals surface area (Å²) >= 11 is 0. The molecule has 0 amide bonds. The van der Waals surface area contributed by atoms with Gasteiger partial charge in [0.25, 0.3) is 0 Å². The Morgan fingerprint density at radius 2 is 1.20 bits per heavy atom. The SMILES string of the molecule is C/C=C(/C)C(=O)O[C@H]1[C@H](OC(=O)/C(C)=C\C)C2(CO)C(CC1(C)C)C1=CCC3[C@@]4(C)CC[C@H](O[C@@H]5OC(C(=O)O)[C@@H](O)C(O[C@@H]6O[C@@H](CO)C(O)C6O)CC5O[C@@H]5OC(CO)[C@@H](O)C(O)C5O)[C@](C)(CO)C4CC[C@@]3(C)[C@]1(C)C[C@H]2O. The Morgan fingerprint density at radius 3 is 1.74 bits per heavy atom. The number of ether oxygens (including phenoxy) is 8. The molecular formula is C58H90O23. The van der Waals surface area contributed by atoms with E-state index in [0.29, 0.717) is 43.3 Å². The molecule has 81 heavy (non-hydrogen) atoms. The number of hydrogen-bond acceptors (Lipinski definition) is 22. The van der Waals surface area contributed by atoms with E-state index in [1.54, 1.807) is 39.8 Å². The number of carboxylic acids is 1. The van der Waals surface area contributed by atoms with Crippen molar-refractivity contribution in [1.29, 1.82) is 0 Å². The zero-order valence-corrected chi connectivity index (χ0v) is 48.2. The lowest BCUT2D eigenvalue weighted by atomic mass is 9.33. The second-order valence-electron chi connectivity index (χ2n) is 26.2. The summed E-state index contributed by atoms with van der Waals surface area (Å²) in [5.74, 6) is -3.82. The number of aliphatic carboxylic acids is 1. The maximum Gasteiger partial charge on any atom is 0.335 e. The molecule has 3 aliphatic heterocycles. The molecule has 0 aromatic rings. The zero-order valence-electron chi connectivity index (χ0n) is 48.2. The van der Waals surface area contributed by atoms with Crippen molar-refractivity contribution < 1.29 is 114 Å². The quantitative estimate of drug-likeness (QED) is 0.0608. The largest absolute Gasteiger partial charge is 0.479 e. The topological polar surface area (TPSA) is 368 Å². The molecule has 12 unspecified atom stereocenters. The van der Waals surface area contributed by atoms with Crippen LogP contribution in [0.3, 0.4) is 0 Å². The van der Waals surface area contributed by atoms with E-state index in [4.69, 9.17) is 37.9 Å². The first-order valence-electron chi connectivity index (χ1n) is 28.7. The first-order valence-corrected chi connectivity index (χ1v) is 28.7. The second kappa shape index (κ2) is 23.7. The van der Waals surface area contributed by atoms with Crippen LogP contribution in [-0.4, -0.2) is 216 Å². The number of allylic oxidation sites excluding steroid dienone is 4. The molecule has 5 aliphatic carbocycles. The lowest BCUT2D eigenvalue weighted by Crippen LogP contribution is -2.72. The number of hydrogen-bond donors (Lipinski definition) is 12. The molecule has 0 aromatic heterocycles. The summed E-state index contributed by atoms with van der Waals surface area (Å²) in [6.45, 7) is 16.5. The van der Waals surface area contributed by atoms with Gasteiger partial charge in [0.15, 0.2) is 31.1 Å². The highest BCUT2D eigenvalue weighted by Gasteiger charge is 2.74. The molecule has 0 spiro atoms. The van der Waals surface area contributed by atoms with Crippen LogP contribution in [-0.2, 0) is 52.3 Å². The van der Waals surface area contributed by atoms with Crippen LogP contribution in [0.15, 0.2) is 34.9 Å². The number of aliphatic hydroxyl groups is 11. The zero-order chi connectivity index (χ0) is 59.9. The standard InChI is InChI=1S/C58H90O23/c1-11-26(3)48(72)80-45-46(81-49(73)27(4)12-2)58(25-62)29(20-53(45,5)6)28-13-14-35-54(7)17-16-37(55(8,24-61)34(54)15-18-56(35,9)57(28,10)21-36(58)63)78-50-31(75-52-43(69)41(67)38(64)32(22-59)76-52)19-30(40(66)44(79-50)47(70)71)74-51-42(68)39(65)33(23-60)77-51/h11-13,29-46,50-52,59-69H,14-25H2,1-10H3,(H,70,71)/b26-11-,27-12-/t29?,30?,31?,32?,33-,34?,35?,36+,37-,38+,39?,40-,41?,42?,43?,44?,45-,46-,50+,51+,52+,54-,55+,56+,57+,58?/m0/s1. The Kier molecular flexibility index (Phi) is 18.7. The minimum absolute atomic E-state index is 0.0730. The fourth-order valence-electron chi connectivity index (χ4n) is 16.4. The Balaban J connectivity index is 1.13. The number of esters is 2. The van der Waals surface area contributed by atoms with E-state index in [9.17, 15) is 75.7 Å². The molecule has 460 valence electrons. The normalized spacial score (nSPS) is 49.0. The van der Waals surface area contributed by atoms with Gasteiger partial charge in [-0.1, -0.05) is 65.3 Å². The Morgan fingerprint density at radius 1 is 0.642 bits per heavy atom. The Bertz CT molecular complexity index is 2390. The van der Waals surface area contributed by atoms with Gasteiger partial charge >= 0.3 is 17.9 Å². The van der Waals surface area contributed by atoms with Crippen LogP contribution in [0.4, 0.5) is 0 Å². The maximum atomic E-state index is 13.8. The van der Waals surface area contributed by atoms with Gasteiger partial charge in [0.05, 0.1) is 50.2 Å². The highest BCUT2D eigenvalue weighted by atomic mass is 16.8. The molecule has 7 fully saturated rings. The molecule has 0 bridgehead atoms. The minimum atomic E-state index is -2.12. The van der Waals surface area contributed by atoms with Gasteiger partial charge in [-0.25, -0.2) is 14.4 Å². The number of fused-ring (bicyclic) bond motifs is 7. The minimum Gasteiger partial charge on any atom is -0.479 e. The van der Waals surface area contributed by atoms with E-state index >= 15 is 0 Å². The fourth-order valence-corrected chi connectivity index (χ4v) is 16.4. The number of carbonyl (C=O) groups is 3. The van der Waals surface area contributed by atoms with E-state index < -0.39 is 200 Å². The van der Waals surface area contributed by atoms with Gasteiger partial charge in [0, 0.05) is 28.4 Å². The second-order valence-corrected chi connectivity index (χ2v) is 26.2. The van der Waals surface area contributed by atoms with Crippen LogP contribution in [0, 0.1) is 50.2 Å². The summed E-state index contributed by atoms with van der Waals surface area (Å²) in [5, 5.41) is 133. The first kappa shape index (κ1) is 64.0. The van der Waals surface area contributed by atoms with Crippen molar-refractivity contribution in [3.05, 3.63) is 34.9 Å². The molecule has 12 N–H and O–H groups in total. The van der Waals surface area contributed by atoms with Crippen molar-refractivity contribution in [2.24, 2.45) is 50.2 Å². The molecule has 8 aliphatic rings. The lowest BCUT2D eigenvalue weighted by molar-refractivity contribution is -0.344. The molecule has 3 heterocycles. The van der Waals surface area contributed by atoms with Gasteiger partial charge in [0.2, 0.25) is 0 Å². The highest BCUT2D eigenvalue weighted by molar-refractivity contribution is 5.89. The summed E-state index contributed by atoms with van der Waals surface area (Å²) in [5.41, 5.74) is -3.47. The molecule has 0 aromatic carbocycles. The average Bonchev–Trinajstić information content (AvgIpc) is 3.33. The van der Waals surface area contributed by atoms with E-state index in [1.807, 2.05) is 20.8 Å². The van der Waals surface area contributed by atoms with Crippen LogP contribution in [0.5, 0.6) is 0 Å². The summed E-state index contributed by atoms with van der Waals surface area (Å²) in [4.78, 5) is 40.5. The Hall–Kier alpha value is -3.05. The smallest absolute Gasteiger partial charge is 0.335 e. The summed E-state index contributed by atoms with van der Waals surface area (Å²) in [7, 11) is 0. The third kappa shape index (κ3) is 10.5. The number of carboxylic acid groups (broad SMARTS) is 1. The molecule has 23 heteroatoms. The van der Waals surface area contributed by atoms with E-state index in [1.165, 1.54) is 0 Å². The molecule has 0 radical (unpaired) electrons. The molecule has 4 saturated carbocycles. The lowest BCUT2D eigenvalue weighted by Gasteiger charge is -2.72. The van der Waals surface area contributed by atoms with Gasteiger partial charge in [0.1, 0.15) is 61.0 Å². The van der Waals surface area contributed by atoms with Gasteiger partial charge in [-0.3, -0.25) is 0 Å². The summed E-state index contributed by atoms with van der Waals surface area (Å²) in [6, 6.07) is 0. The van der Waals surface area contributed by atoms with Gasteiger partial charge in [-0.05, 0) is 107 Å². The predicted molar refractivity (Wildman–Crippen MR) is 281 cm³/mol. The molecular weight excluding hydrogens is 1060 g/mol. The van der Waals surface area contributed by atoms with Crippen LogP contribution >= 0.6 is 0 Å². The van der Waals surface area contributed by atoms with E-state index in [0.717, 1.165) is 5.57 Å². The van der Waals surface area contributed by atoms with Crippen molar-refractivity contribution in [1.82, 2.24) is 0 Å². The van der Waals surface area contributed by atoms with Crippen LogP contribution in [0.1, 0.15) is 121 Å². The maximum absolute atomic E-state index is 13.8.